The first-order chi connectivity index (χ1) is 8.26. The van der Waals surface area contributed by atoms with Crippen molar-refractivity contribution in [2.24, 2.45) is 0 Å². The molecular formula is C12H15F4NO. The highest BCUT2D eigenvalue weighted by Gasteiger charge is 2.32. The molecule has 1 rings (SSSR count). The first kappa shape index (κ1) is 14.8. The minimum Gasteiger partial charge on any atom is -0.389 e. The van der Waals surface area contributed by atoms with E-state index in [1.54, 1.807) is 0 Å². The smallest absolute Gasteiger partial charge is 0.389 e. The molecule has 6 heteroatoms. The van der Waals surface area contributed by atoms with Gasteiger partial charge in [-0.15, -0.1) is 0 Å². The van der Waals surface area contributed by atoms with Crippen LogP contribution in [0.3, 0.4) is 0 Å². The fraction of sp³-hybridized carbons (Fsp3) is 0.500. The summed E-state index contributed by atoms with van der Waals surface area (Å²) in [6.07, 6.45) is -5.45. The lowest BCUT2D eigenvalue weighted by molar-refractivity contribution is -0.119. The lowest BCUT2D eigenvalue weighted by Gasteiger charge is -2.27. The lowest BCUT2D eigenvalue weighted by Crippen LogP contribution is -2.35. The maximum Gasteiger partial charge on any atom is 0.405 e. The summed E-state index contributed by atoms with van der Waals surface area (Å²) in [4.78, 5) is 0.872. The van der Waals surface area contributed by atoms with Gasteiger partial charge in [0.05, 0.1) is 11.8 Å². The summed E-state index contributed by atoms with van der Waals surface area (Å²) >= 11 is 0. The summed E-state index contributed by atoms with van der Waals surface area (Å²) in [6.45, 7) is 1.65. The van der Waals surface area contributed by atoms with Crippen LogP contribution in [0.15, 0.2) is 18.2 Å². The van der Waals surface area contributed by atoms with Gasteiger partial charge in [0.15, 0.2) is 0 Å². The van der Waals surface area contributed by atoms with Crippen molar-refractivity contribution < 1.29 is 22.7 Å². The van der Waals surface area contributed by atoms with Crippen molar-refractivity contribution in [1.82, 2.24) is 0 Å². The molecule has 102 valence electrons. The number of hydrogen-bond donors (Lipinski definition) is 1. The second kappa shape index (κ2) is 5.56. The Morgan fingerprint density at radius 2 is 1.94 bits per heavy atom. The molecule has 0 aliphatic heterocycles. The van der Waals surface area contributed by atoms with Crippen LogP contribution in [0.5, 0.6) is 0 Å². The van der Waals surface area contributed by atoms with Crippen molar-refractivity contribution in [3.63, 3.8) is 0 Å². The molecule has 0 bridgehead atoms. The summed E-state index contributed by atoms with van der Waals surface area (Å²) in [5.41, 5.74) is -0.0339. The molecule has 0 saturated heterocycles. The Morgan fingerprint density at radius 3 is 2.39 bits per heavy atom. The quantitative estimate of drug-likeness (QED) is 0.845. The molecule has 0 spiro atoms. The van der Waals surface area contributed by atoms with Gasteiger partial charge in [-0.25, -0.2) is 4.39 Å². The minimum atomic E-state index is -4.42. The maximum atomic E-state index is 13.7. The number of anilines is 1. The summed E-state index contributed by atoms with van der Waals surface area (Å²) in [6, 6.07) is 3.87. The number of nitrogens with zero attached hydrogens (tertiary/aromatic N) is 1. The highest BCUT2D eigenvalue weighted by molar-refractivity contribution is 5.55. The first-order valence-electron chi connectivity index (χ1n) is 5.54. The minimum absolute atomic E-state index is 0.000162. The van der Waals surface area contributed by atoms with E-state index in [9.17, 15) is 22.7 Å². The molecule has 18 heavy (non-hydrogen) atoms. The van der Waals surface area contributed by atoms with Crippen molar-refractivity contribution in [3.8, 4) is 0 Å². The van der Waals surface area contributed by atoms with Gasteiger partial charge in [-0.05, 0) is 19.9 Å². The van der Waals surface area contributed by atoms with Crippen LogP contribution in [0.4, 0.5) is 23.2 Å². The van der Waals surface area contributed by atoms with Crippen LogP contribution in [0.25, 0.3) is 0 Å². The molecule has 0 unspecified atom stereocenters. The van der Waals surface area contributed by atoms with Crippen molar-refractivity contribution in [2.75, 3.05) is 18.0 Å². The molecule has 2 nitrogen and oxygen atoms in total. The number of alkyl halides is 3. The Hall–Kier alpha value is -1.30. The highest BCUT2D eigenvalue weighted by atomic mass is 19.4. The number of benzene rings is 1. The molecule has 1 N–H and O–H groups in total. The Balaban J connectivity index is 3.19. The van der Waals surface area contributed by atoms with E-state index in [0.717, 1.165) is 11.0 Å². The number of hydrogen-bond acceptors (Lipinski definition) is 2. The first-order valence-corrected chi connectivity index (χ1v) is 5.54. The van der Waals surface area contributed by atoms with E-state index in [1.165, 1.54) is 26.0 Å². The number of aliphatic hydroxyl groups excluding tert-OH is 1. The van der Waals surface area contributed by atoms with Crippen LogP contribution < -0.4 is 4.90 Å². The molecule has 0 fully saturated rings. The van der Waals surface area contributed by atoms with Gasteiger partial charge in [0.1, 0.15) is 12.4 Å². The van der Waals surface area contributed by atoms with Crippen LogP contribution >= 0.6 is 0 Å². The van der Waals surface area contributed by atoms with Gasteiger partial charge in [-0.1, -0.05) is 12.1 Å². The average molecular weight is 265 g/mol. The molecule has 1 atom stereocenters. The van der Waals surface area contributed by atoms with E-state index < -0.39 is 24.6 Å². The summed E-state index contributed by atoms with van der Waals surface area (Å²) in [7, 11) is 0. The molecule has 1 aromatic rings. The van der Waals surface area contributed by atoms with Gasteiger partial charge in [0, 0.05) is 12.1 Å². The Labute approximate surface area is 103 Å². The van der Waals surface area contributed by atoms with Gasteiger partial charge in [-0.2, -0.15) is 13.2 Å². The summed E-state index contributed by atoms with van der Waals surface area (Å²) < 4.78 is 51.0. The molecule has 0 radical (unpaired) electrons. The number of halogens is 4. The van der Waals surface area contributed by atoms with Crippen molar-refractivity contribution in [3.05, 3.63) is 29.6 Å². The molecule has 0 heterocycles. The van der Waals surface area contributed by atoms with Crippen LogP contribution in [0, 0.1) is 5.82 Å². The van der Waals surface area contributed by atoms with E-state index in [-0.39, 0.29) is 17.8 Å². The average Bonchev–Trinajstić information content (AvgIpc) is 2.24. The number of rotatable bonds is 4. The van der Waals surface area contributed by atoms with Crippen molar-refractivity contribution in [2.45, 2.75) is 26.1 Å². The van der Waals surface area contributed by atoms with Gasteiger partial charge in [-0.3, -0.25) is 0 Å². The van der Waals surface area contributed by atoms with Gasteiger partial charge < -0.3 is 10.0 Å². The molecule has 0 aromatic heterocycles. The second-order valence-corrected chi connectivity index (χ2v) is 3.98. The third-order valence-electron chi connectivity index (χ3n) is 2.54. The van der Waals surface area contributed by atoms with E-state index in [1.807, 2.05) is 0 Å². The number of aliphatic hydroxyl groups is 1. The van der Waals surface area contributed by atoms with Crippen molar-refractivity contribution in [1.29, 1.82) is 0 Å². The summed E-state index contributed by atoms with van der Waals surface area (Å²) in [5.74, 6) is -0.764. The molecule has 0 amide bonds. The Morgan fingerprint density at radius 1 is 1.33 bits per heavy atom. The fourth-order valence-electron chi connectivity index (χ4n) is 1.77. The zero-order valence-electron chi connectivity index (χ0n) is 10.1. The summed E-state index contributed by atoms with van der Waals surface area (Å²) in [5, 5.41) is 9.50. The highest BCUT2D eigenvalue weighted by Crippen LogP contribution is 2.31. The van der Waals surface area contributed by atoms with Gasteiger partial charge >= 0.3 is 6.18 Å². The molecule has 1 aromatic carbocycles. The van der Waals surface area contributed by atoms with Crippen LogP contribution in [-0.2, 0) is 0 Å². The predicted molar refractivity (Wildman–Crippen MR) is 61.0 cm³/mol. The normalized spacial score (nSPS) is 13.5. The molecule has 0 saturated carbocycles. The maximum absolute atomic E-state index is 13.7. The van der Waals surface area contributed by atoms with Crippen LogP contribution in [0.2, 0.25) is 0 Å². The second-order valence-electron chi connectivity index (χ2n) is 3.98. The Bertz CT molecular complexity index is 404. The van der Waals surface area contributed by atoms with E-state index >= 15 is 0 Å². The third-order valence-corrected chi connectivity index (χ3v) is 2.54. The zero-order valence-corrected chi connectivity index (χ0v) is 10.1. The fourth-order valence-corrected chi connectivity index (χ4v) is 1.77. The topological polar surface area (TPSA) is 23.5 Å². The third kappa shape index (κ3) is 3.60. The van der Waals surface area contributed by atoms with Crippen LogP contribution in [0.1, 0.15) is 25.5 Å². The monoisotopic (exact) mass is 265 g/mol. The largest absolute Gasteiger partial charge is 0.405 e. The standard InChI is InChI=1S/C12H15F4NO/c1-3-17(7-12(14,15)16)11-9(8(2)18)5-4-6-10(11)13/h4-6,8,18H,3,7H2,1-2H3/t8-/m0/s1. The van der Waals surface area contributed by atoms with Gasteiger partial charge in [0.25, 0.3) is 0 Å². The molecule has 0 aliphatic rings. The Kier molecular flexibility index (Phi) is 4.56. The van der Waals surface area contributed by atoms with Crippen molar-refractivity contribution >= 4 is 5.69 Å². The van der Waals surface area contributed by atoms with E-state index in [0.29, 0.717) is 0 Å². The predicted octanol–water partition coefficient (Wildman–Crippen LogP) is 3.27. The lowest BCUT2D eigenvalue weighted by atomic mass is 10.1. The van der Waals surface area contributed by atoms with E-state index in [4.69, 9.17) is 0 Å². The van der Waals surface area contributed by atoms with E-state index in [2.05, 4.69) is 0 Å². The van der Waals surface area contributed by atoms with Crippen LogP contribution in [-0.4, -0.2) is 24.4 Å². The van der Waals surface area contributed by atoms with Gasteiger partial charge in [0.2, 0.25) is 0 Å². The zero-order chi connectivity index (χ0) is 13.9. The molecular weight excluding hydrogens is 250 g/mol. The number of para-hydroxylation sites is 1. The SMILES string of the molecule is CCN(CC(F)(F)F)c1c(F)cccc1[C@H](C)O. The molecule has 0 aliphatic carbocycles.